The predicted octanol–water partition coefficient (Wildman–Crippen LogP) is 4.14. The zero-order chi connectivity index (χ0) is 19.6. The lowest BCUT2D eigenvalue weighted by Gasteiger charge is -2.29. The van der Waals surface area contributed by atoms with E-state index in [2.05, 4.69) is 17.3 Å². The first-order valence-corrected chi connectivity index (χ1v) is 8.75. The van der Waals surface area contributed by atoms with Crippen molar-refractivity contribution in [1.82, 2.24) is 4.90 Å². The molecule has 0 saturated carbocycles. The lowest BCUT2D eigenvalue weighted by Crippen LogP contribution is -2.35. The van der Waals surface area contributed by atoms with Gasteiger partial charge in [-0.3, -0.25) is 4.79 Å². The van der Waals surface area contributed by atoms with E-state index in [0.29, 0.717) is 23.6 Å². The molecule has 0 aromatic heterocycles. The summed E-state index contributed by atoms with van der Waals surface area (Å²) in [5.41, 5.74) is 0.414. The summed E-state index contributed by atoms with van der Waals surface area (Å²) < 4.78 is 46.6. The molecular formula is C20H21F3N2O2. The standard InChI is InChI=1S/C20H21F3N2O2/c1-12-3-4-14(11-18(12)27-15-5-7-25(2)8-6-15)24-20(26)19-16(22)9-13(21)10-17(19)23/h3-4,9-11,15H,5-8H2,1-2H3,(H,24,26). The second-order valence-electron chi connectivity index (χ2n) is 6.80. The highest BCUT2D eigenvalue weighted by molar-refractivity contribution is 6.04. The van der Waals surface area contributed by atoms with Gasteiger partial charge in [0.2, 0.25) is 0 Å². The minimum Gasteiger partial charge on any atom is -0.490 e. The van der Waals surface area contributed by atoms with Crippen LogP contribution in [0.15, 0.2) is 30.3 Å². The molecule has 1 amide bonds. The van der Waals surface area contributed by atoms with E-state index in [0.717, 1.165) is 31.5 Å². The molecule has 27 heavy (non-hydrogen) atoms. The molecule has 1 saturated heterocycles. The van der Waals surface area contributed by atoms with Crippen LogP contribution in [0.1, 0.15) is 28.8 Å². The van der Waals surface area contributed by atoms with Crippen LogP contribution in [0.5, 0.6) is 5.75 Å². The van der Waals surface area contributed by atoms with Crippen LogP contribution in [0.4, 0.5) is 18.9 Å². The molecule has 2 aromatic rings. The van der Waals surface area contributed by atoms with E-state index in [1.807, 2.05) is 6.92 Å². The van der Waals surface area contributed by atoms with Gasteiger partial charge in [0.05, 0.1) is 0 Å². The number of hydrogen-bond acceptors (Lipinski definition) is 3. The predicted molar refractivity (Wildman–Crippen MR) is 96.6 cm³/mol. The third kappa shape index (κ3) is 4.60. The Bertz CT molecular complexity index is 826. The number of nitrogens with one attached hydrogen (secondary N) is 1. The third-order valence-corrected chi connectivity index (χ3v) is 4.64. The summed E-state index contributed by atoms with van der Waals surface area (Å²) in [5, 5.41) is 2.44. The number of nitrogens with zero attached hydrogens (tertiary/aromatic N) is 1. The van der Waals surface area contributed by atoms with Crippen molar-refractivity contribution in [1.29, 1.82) is 0 Å². The lowest BCUT2D eigenvalue weighted by molar-refractivity contribution is 0.101. The number of carbonyl (C=O) groups is 1. The maximum absolute atomic E-state index is 13.8. The zero-order valence-corrected chi connectivity index (χ0v) is 15.2. The first-order valence-electron chi connectivity index (χ1n) is 8.75. The average molecular weight is 378 g/mol. The molecule has 0 radical (unpaired) electrons. The molecule has 0 aliphatic carbocycles. The van der Waals surface area contributed by atoms with Crippen LogP contribution < -0.4 is 10.1 Å². The minimum absolute atomic E-state index is 0.0813. The maximum Gasteiger partial charge on any atom is 0.261 e. The van der Waals surface area contributed by atoms with Crippen molar-refractivity contribution in [3.05, 3.63) is 58.9 Å². The number of rotatable bonds is 4. The molecule has 0 bridgehead atoms. The Kier molecular flexibility index (Phi) is 5.70. The highest BCUT2D eigenvalue weighted by Crippen LogP contribution is 2.27. The van der Waals surface area contributed by atoms with Gasteiger partial charge in [-0.1, -0.05) is 6.07 Å². The molecule has 7 heteroatoms. The van der Waals surface area contributed by atoms with Crippen molar-refractivity contribution in [2.24, 2.45) is 0 Å². The van der Waals surface area contributed by atoms with Crippen LogP contribution in [0.25, 0.3) is 0 Å². The van der Waals surface area contributed by atoms with E-state index >= 15 is 0 Å². The molecule has 1 aliphatic rings. The Morgan fingerprint density at radius 1 is 1.11 bits per heavy atom. The molecule has 0 unspecified atom stereocenters. The Labute approximate surface area is 155 Å². The minimum atomic E-state index is -1.25. The number of halogens is 3. The summed E-state index contributed by atoms with van der Waals surface area (Å²) in [6.07, 6.45) is 1.88. The molecular weight excluding hydrogens is 357 g/mol. The molecule has 1 aliphatic heterocycles. The number of anilines is 1. The van der Waals surface area contributed by atoms with Crippen LogP contribution in [-0.4, -0.2) is 37.0 Å². The topological polar surface area (TPSA) is 41.6 Å². The Morgan fingerprint density at radius 2 is 1.74 bits per heavy atom. The highest BCUT2D eigenvalue weighted by atomic mass is 19.1. The molecule has 1 fully saturated rings. The molecule has 0 spiro atoms. The second kappa shape index (κ2) is 8.00. The van der Waals surface area contributed by atoms with E-state index < -0.39 is 28.9 Å². The van der Waals surface area contributed by atoms with Gasteiger partial charge in [-0.15, -0.1) is 0 Å². The van der Waals surface area contributed by atoms with E-state index in [9.17, 15) is 18.0 Å². The molecule has 1 heterocycles. The fourth-order valence-corrected chi connectivity index (χ4v) is 3.04. The number of amides is 1. The van der Waals surface area contributed by atoms with Gasteiger partial charge in [-0.25, -0.2) is 13.2 Å². The second-order valence-corrected chi connectivity index (χ2v) is 6.80. The molecule has 0 atom stereocenters. The Hall–Kier alpha value is -2.54. The lowest BCUT2D eigenvalue weighted by atomic mass is 10.1. The van der Waals surface area contributed by atoms with Crippen LogP contribution in [0.2, 0.25) is 0 Å². The zero-order valence-electron chi connectivity index (χ0n) is 15.2. The van der Waals surface area contributed by atoms with Crippen molar-refractivity contribution in [3.63, 3.8) is 0 Å². The van der Waals surface area contributed by atoms with Gasteiger partial charge in [-0.05, 0) is 38.4 Å². The fraction of sp³-hybridized carbons (Fsp3) is 0.350. The smallest absolute Gasteiger partial charge is 0.261 e. The normalized spacial score (nSPS) is 15.6. The van der Waals surface area contributed by atoms with Gasteiger partial charge in [0.15, 0.2) is 0 Å². The number of carbonyl (C=O) groups excluding carboxylic acids is 1. The summed E-state index contributed by atoms with van der Waals surface area (Å²) in [4.78, 5) is 14.5. The molecule has 1 N–H and O–H groups in total. The number of hydrogen-bond donors (Lipinski definition) is 1. The van der Waals surface area contributed by atoms with E-state index in [4.69, 9.17) is 4.74 Å². The number of aryl methyl sites for hydroxylation is 1. The van der Waals surface area contributed by atoms with Crippen molar-refractivity contribution in [2.45, 2.75) is 25.9 Å². The third-order valence-electron chi connectivity index (χ3n) is 4.64. The largest absolute Gasteiger partial charge is 0.490 e. The summed E-state index contributed by atoms with van der Waals surface area (Å²) >= 11 is 0. The average Bonchev–Trinajstić information content (AvgIpc) is 2.59. The number of ether oxygens (including phenoxy) is 1. The van der Waals surface area contributed by atoms with Gasteiger partial charge in [0.1, 0.15) is 34.9 Å². The first kappa shape index (κ1) is 19.2. The van der Waals surface area contributed by atoms with Crippen LogP contribution in [-0.2, 0) is 0 Å². The molecule has 2 aromatic carbocycles. The van der Waals surface area contributed by atoms with Crippen molar-refractivity contribution in [3.8, 4) is 5.75 Å². The number of benzene rings is 2. The van der Waals surface area contributed by atoms with Crippen molar-refractivity contribution in [2.75, 3.05) is 25.5 Å². The molecule has 144 valence electrons. The number of likely N-dealkylation sites (tertiary alicyclic amines) is 1. The quantitative estimate of drug-likeness (QED) is 0.870. The van der Waals surface area contributed by atoms with Crippen LogP contribution >= 0.6 is 0 Å². The molecule has 4 nitrogen and oxygen atoms in total. The van der Waals surface area contributed by atoms with Gasteiger partial charge in [0, 0.05) is 37.0 Å². The first-order chi connectivity index (χ1) is 12.8. The van der Waals surface area contributed by atoms with E-state index in [1.165, 1.54) is 0 Å². The number of piperidine rings is 1. The van der Waals surface area contributed by atoms with Crippen LogP contribution in [0.3, 0.4) is 0 Å². The van der Waals surface area contributed by atoms with E-state index in [-0.39, 0.29) is 6.10 Å². The van der Waals surface area contributed by atoms with E-state index in [1.54, 1.807) is 18.2 Å². The monoisotopic (exact) mass is 378 g/mol. The van der Waals surface area contributed by atoms with Gasteiger partial charge in [-0.2, -0.15) is 0 Å². The Balaban J connectivity index is 1.75. The fourth-order valence-electron chi connectivity index (χ4n) is 3.04. The van der Waals surface area contributed by atoms with Gasteiger partial charge in [0.25, 0.3) is 5.91 Å². The Morgan fingerprint density at radius 3 is 2.37 bits per heavy atom. The summed E-state index contributed by atoms with van der Waals surface area (Å²) in [5.74, 6) is -3.95. The van der Waals surface area contributed by atoms with Gasteiger partial charge >= 0.3 is 0 Å². The van der Waals surface area contributed by atoms with Crippen LogP contribution in [0, 0.1) is 24.4 Å². The SMILES string of the molecule is Cc1ccc(NC(=O)c2c(F)cc(F)cc2F)cc1OC1CCN(C)CC1. The summed E-state index contributed by atoms with van der Waals surface area (Å²) in [6.45, 7) is 3.78. The van der Waals surface area contributed by atoms with Gasteiger partial charge < -0.3 is 15.0 Å². The molecule has 3 rings (SSSR count). The van der Waals surface area contributed by atoms with Crippen molar-refractivity contribution >= 4 is 11.6 Å². The van der Waals surface area contributed by atoms with Crippen molar-refractivity contribution < 1.29 is 22.7 Å². The summed E-state index contributed by atoms with van der Waals surface area (Å²) in [6, 6.07) is 5.96. The maximum atomic E-state index is 13.8. The highest BCUT2D eigenvalue weighted by Gasteiger charge is 2.21. The summed E-state index contributed by atoms with van der Waals surface area (Å²) in [7, 11) is 2.06.